The van der Waals surface area contributed by atoms with Crippen LogP contribution in [0, 0.1) is 0 Å². The summed E-state index contributed by atoms with van der Waals surface area (Å²) in [5.74, 6) is -1.98. The third-order valence-electron chi connectivity index (χ3n) is 2.95. The molecular weight excluding hydrogens is 260 g/mol. The van der Waals surface area contributed by atoms with Crippen molar-refractivity contribution in [1.29, 1.82) is 0 Å². The van der Waals surface area contributed by atoms with Gasteiger partial charge in [-0.1, -0.05) is 57.3 Å². The molecule has 0 aliphatic carbocycles. The summed E-state index contributed by atoms with van der Waals surface area (Å²) in [6.07, 6.45) is 0. The summed E-state index contributed by atoms with van der Waals surface area (Å²) in [6.45, 7) is 6.30. The molecule has 3 nitrogen and oxygen atoms in total. The molecule has 0 heterocycles. The number of hydrogen-bond acceptors (Lipinski definition) is 4. The maximum absolute atomic E-state index is 11.7. The van der Waals surface area contributed by atoms with Crippen molar-refractivity contribution >= 4 is 29.3 Å². The van der Waals surface area contributed by atoms with Gasteiger partial charge in [-0.15, -0.1) is 0 Å². The number of esters is 1. The quantitative estimate of drug-likeness (QED) is 0.482. The summed E-state index contributed by atoms with van der Waals surface area (Å²) in [6, 6.07) is 7.39. The number of rotatable bonds is 4. The number of ketones is 1. The Morgan fingerprint density at radius 2 is 1.74 bits per heavy atom. The third kappa shape index (κ3) is 3.70. The molecule has 0 fully saturated rings. The van der Waals surface area contributed by atoms with Crippen LogP contribution in [0.2, 0.25) is 0 Å². The van der Waals surface area contributed by atoms with E-state index in [2.05, 4.69) is 37.7 Å². The number of ether oxygens (including phenoxy) is 1. The second-order valence-corrected chi connectivity index (χ2v) is 5.58. The van der Waals surface area contributed by atoms with Gasteiger partial charge in [0.25, 0.3) is 0 Å². The van der Waals surface area contributed by atoms with Crippen LogP contribution in [0.15, 0.2) is 24.3 Å². The molecule has 1 aromatic carbocycles. The first-order valence-electron chi connectivity index (χ1n) is 5.98. The summed E-state index contributed by atoms with van der Waals surface area (Å²) < 4.78 is 4.66. The van der Waals surface area contributed by atoms with Crippen molar-refractivity contribution in [3.05, 3.63) is 35.4 Å². The number of Topliss-reactive ketones (excluding diaryl/α,β-unsaturated/α-hetero) is 1. The lowest BCUT2D eigenvalue weighted by molar-refractivity contribution is -0.144. The molecule has 0 radical (unpaired) electrons. The Bertz CT molecular complexity index is 483. The zero-order chi connectivity index (χ0) is 14.6. The molecular formula is C15H18O3S. The predicted molar refractivity (Wildman–Crippen MR) is 78.6 cm³/mol. The zero-order valence-electron chi connectivity index (χ0n) is 11.6. The first-order valence-corrected chi connectivity index (χ1v) is 6.45. The first kappa shape index (κ1) is 15.5. The maximum atomic E-state index is 11.7. The lowest BCUT2D eigenvalue weighted by Gasteiger charge is -2.20. The van der Waals surface area contributed by atoms with Crippen LogP contribution < -0.4 is 0 Å². The van der Waals surface area contributed by atoms with Crippen LogP contribution in [0.5, 0.6) is 0 Å². The molecule has 102 valence electrons. The van der Waals surface area contributed by atoms with Crippen LogP contribution in [-0.2, 0) is 19.7 Å². The number of carbonyl (C=O) groups excluding carboxylic acids is 2. The summed E-state index contributed by atoms with van der Waals surface area (Å²) in [7, 11) is 1.26. The van der Waals surface area contributed by atoms with Gasteiger partial charge in [0.2, 0.25) is 0 Å². The van der Waals surface area contributed by atoms with Crippen molar-refractivity contribution in [2.24, 2.45) is 0 Å². The molecule has 0 N–H and O–H groups in total. The Labute approximate surface area is 119 Å². The summed E-state index contributed by atoms with van der Waals surface area (Å²) in [5.41, 5.74) is 1.76. The zero-order valence-corrected chi connectivity index (χ0v) is 12.4. The number of carbonyl (C=O) groups is 2. The molecule has 4 heteroatoms. The Balaban J connectivity index is 3.15. The van der Waals surface area contributed by atoms with Gasteiger partial charge in [-0.3, -0.25) is 9.59 Å². The fourth-order valence-electron chi connectivity index (χ4n) is 1.78. The molecule has 1 unspecified atom stereocenters. The van der Waals surface area contributed by atoms with Crippen molar-refractivity contribution in [1.82, 2.24) is 0 Å². The third-order valence-corrected chi connectivity index (χ3v) is 3.18. The first-order chi connectivity index (χ1) is 8.81. The minimum atomic E-state index is -0.962. The van der Waals surface area contributed by atoms with Gasteiger partial charge >= 0.3 is 5.97 Å². The topological polar surface area (TPSA) is 43.4 Å². The van der Waals surface area contributed by atoms with Crippen molar-refractivity contribution in [3.8, 4) is 0 Å². The van der Waals surface area contributed by atoms with Gasteiger partial charge in [0.15, 0.2) is 5.78 Å². The van der Waals surface area contributed by atoms with E-state index < -0.39 is 17.7 Å². The van der Waals surface area contributed by atoms with Crippen LogP contribution >= 0.6 is 12.2 Å². The molecule has 0 bridgehead atoms. The van der Waals surface area contributed by atoms with E-state index in [1.54, 1.807) is 12.1 Å². The lowest BCUT2D eigenvalue weighted by atomic mass is 9.85. The van der Waals surface area contributed by atoms with Gasteiger partial charge in [-0.25, -0.2) is 0 Å². The van der Waals surface area contributed by atoms with E-state index in [0.29, 0.717) is 5.56 Å². The molecule has 1 rings (SSSR count). The van der Waals surface area contributed by atoms with Gasteiger partial charge in [0, 0.05) is 5.37 Å². The van der Waals surface area contributed by atoms with Crippen molar-refractivity contribution in [3.63, 3.8) is 0 Å². The number of hydrogen-bond donors (Lipinski definition) is 0. The summed E-state index contributed by atoms with van der Waals surface area (Å²) >= 11 is 4.62. The molecule has 0 saturated carbocycles. The predicted octanol–water partition coefficient (Wildman–Crippen LogP) is 2.81. The van der Waals surface area contributed by atoms with E-state index in [0.717, 1.165) is 10.9 Å². The van der Waals surface area contributed by atoms with Crippen molar-refractivity contribution < 1.29 is 14.3 Å². The number of methoxy groups -OCH3 is 1. The summed E-state index contributed by atoms with van der Waals surface area (Å²) in [5, 5.41) is 0.985. The van der Waals surface area contributed by atoms with Gasteiger partial charge in [-0.05, 0) is 16.5 Å². The maximum Gasteiger partial charge on any atom is 0.321 e. The smallest absolute Gasteiger partial charge is 0.321 e. The molecule has 0 saturated heterocycles. The van der Waals surface area contributed by atoms with Crippen LogP contribution in [0.1, 0.15) is 37.8 Å². The largest absolute Gasteiger partial charge is 0.468 e. The standard InChI is InChI=1S/C15H18O3S/c1-15(2,3)11-7-5-10(6-8-11)13(12(16)9-19)14(17)18-4/h5-9,13H,1-4H3. The van der Waals surface area contributed by atoms with Crippen LogP contribution in [0.3, 0.4) is 0 Å². The van der Waals surface area contributed by atoms with Gasteiger partial charge in [0.1, 0.15) is 5.92 Å². The van der Waals surface area contributed by atoms with E-state index in [1.165, 1.54) is 7.11 Å². The Kier molecular flexibility index (Phi) is 4.95. The van der Waals surface area contributed by atoms with Gasteiger partial charge < -0.3 is 4.74 Å². The molecule has 0 aliphatic heterocycles. The normalized spacial score (nSPS) is 12.6. The van der Waals surface area contributed by atoms with E-state index in [4.69, 9.17) is 0 Å². The molecule has 0 aliphatic rings. The average Bonchev–Trinajstić information content (AvgIpc) is 2.38. The van der Waals surface area contributed by atoms with Crippen LogP contribution in [-0.4, -0.2) is 24.2 Å². The molecule has 19 heavy (non-hydrogen) atoms. The highest BCUT2D eigenvalue weighted by Gasteiger charge is 2.28. The van der Waals surface area contributed by atoms with Gasteiger partial charge in [0.05, 0.1) is 7.11 Å². The Morgan fingerprint density at radius 3 is 2.11 bits per heavy atom. The minimum Gasteiger partial charge on any atom is -0.468 e. The highest BCUT2D eigenvalue weighted by molar-refractivity contribution is 7.80. The van der Waals surface area contributed by atoms with E-state index in [-0.39, 0.29) is 5.41 Å². The SMILES string of the molecule is COC(=O)C(C(=O)C=S)c1ccc(C(C)(C)C)cc1. The van der Waals surface area contributed by atoms with E-state index >= 15 is 0 Å². The van der Waals surface area contributed by atoms with Crippen molar-refractivity contribution in [2.45, 2.75) is 32.1 Å². The second-order valence-electron chi connectivity index (χ2n) is 5.35. The van der Waals surface area contributed by atoms with E-state index in [1.807, 2.05) is 12.1 Å². The van der Waals surface area contributed by atoms with Crippen LogP contribution in [0.25, 0.3) is 0 Å². The minimum absolute atomic E-state index is 0.0213. The van der Waals surface area contributed by atoms with Crippen molar-refractivity contribution in [2.75, 3.05) is 7.11 Å². The Hall–Kier alpha value is -1.55. The average molecular weight is 278 g/mol. The molecule has 0 aromatic heterocycles. The molecule has 0 spiro atoms. The highest BCUT2D eigenvalue weighted by atomic mass is 32.1. The van der Waals surface area contributed by atoms with Crippen LogP contribution in [0.4, 0.5) is 0 Å². The lowest BCUT2D eigenvalue weighted by Crippen LogP contribution is -2.24. The molecule has 1 atom stereocenters. The Morgan fingerprint density at radius 1 is 1.21 bits per heavy atom. The summed E-state index contributed by atoms with van der Waals surface area (Å²) in [4.78, 5) is 23.4. The highest BCUT2D eigenvalue weighted by Crippen LogP contribution is 2.25. The fraction of sp³-hybridized carbons (Fsp3) is 0.400. The number of benzene rings is 1. The monoisotopic (exact) mass is 278 g/mol. The van der Waals surface area contributed by atoms with E-state index in [9.17, 15) is 9.59 Å². The van der Waals surface area contributed by atoms with Gasteiger partial charge in [-0.2, -0.15) is 0 Å². The fourth-order valence-corrected chi connectivity index (χ4v) is 1.91. The molecule has 1 aromatic rings. The number of thiocarbonyl (C=S) groups is 1. The molecule has 0 amide bonds. The second kappa shape index (κ2) is 6.06.